The third-order valence-corrected chi connectivity index (χ3v) is 8.31. The molecule has 1 aliphatic heterocycles. The van der Waals surface area contributed by atoms with Gasteiger partial charge in [-0.25, -0.2) is 17.9 Å². The number of carbonyl (C=O) groups is 2. The van der Waals surface area contributed by atoms with Gasteiger partial charge in [-0.3, -0.25) is 14.3 Å². The number of nitrogens with two attached hydrogens (primary N) is 1. The van der Waals surface area contributed by atoms with Gasteiger partial charge in [-0.15, -0.1) is 5.10 Å². The SMILES string of the molecule is C[C@@H](C1CC1)N1Cc2cc(-c3ccn4nc(N)c(C(=O)Nc5cnn(C)c5)c4n3)cc(S(C)(=O)=O)c2C1=O. The molecule has 4 aromatic rings. The third-order valence-electron chi connectivity index (χ3n) is 7.19. The lowest BCUT2D eigenvalue weighted by Crippen LogP contribution is -2.35. The molecule has 1 aromatic carbocycles. The zero-order valence-corrected chi connectivity index (χ0v) is 21.9. The quantitative estimate of drug-likeness (QED) is 0.381. The number of hydrogen-bond acceptors (Lipinski definition) is 8. The normalized spacial score (nSPS) is 16.2. The molecule has 196 valence electrons. The maximum Gasteiger partial charge on any atom is 0.263 e. The van der Waals surface area contributed by atoms with Gasteiger partial charge in [0.2, 0.25) is 0 Å². The Bertz CT molecular complexity index is 1750. The number of aryl methyl sites for hydroxylation is 1. The van der Waals surface area contributed by atoms with Gasteiger partial charge in [-0.05, 0) is 49.4 Å². The summed E-state index contributed by atoms with van der Waals surface area (Å²) in [5.41, 5.74) is 8.65. The van der Waals surface area contributed by atoms with Crippen molar-refractivity contribution in [2.45, 2.75) is 37.2 Å². The number of nitrogens with one attached hydrogen (secondary N) is 1. The summed E-state index contributed by atoms with van der Waals surface area (Å²) in [5, 5.41) is 11.0. The highest BCUT2D eigenvalue weighted by atomic mass is 32.2. The Labute approximate surface area is 218 Å². The first-order valence-corrected chi connectivity index (χ1v) is 14.0. The molecule has 38 heavy (non-hydrogen) atoms. The Morgan fingerprint density at radius 3 is 2.68 bits per heavy atom. The van der Waals surface area contributed by atoms with E-state index in [2.05, 4.69) is 20.5 Å². The van der Waals surface area contributed by atoms with Crippen LogP contribution < -0.4 is 11.1 Å². The van der Waals surface area contributed by atoms with Crippen molar-refractivity contribution in [3.05, 3.63) is 53.5 Å². The molecule has 4 heterocycles. The number of anilines is 2. The minimum absolute atomic E-state index is 0.00267. The molecule has 13 heteroatoms. The Balaban J connectivity index is 1.43. The molecule has 2 aliphatic rings. The lowest BCUT2D eigenvalue weighted by atomic mass is 10.0. The third kappa shape index (κ3) is 3.99. The van der Waals surface area contributed by atoms with Crippen LogP contribution in [0.15, 0.2) is 41.7 Å². The van der Waals surface area contributed by atoms with Crippen LogP contribution in [0.1, 0.15) is 46.0 Å². The molecule has 0 radical (unpaired) electrons. The average molecular weight is 535 g/mol. The van der Waals surface area contributed by atoms with E-state index >= 15 is 0 Å². The molecule has 2 amide bonds. The van der Waals surface area contributed by atoms with Gasteiger partial charge in [0.15, 0.2) is 21.3 Å². The summed E-state index contributed by atoms with van der Waals surface area (Å²) in [6.07, 6.45) is 7.99. The highest BCUT2D eigenvalue weighted by molar-refractivity contribution is 7.90. The van der Waals surface area contributed by atoms with Crippen molar-refractivity contribution in [1.29, 1.82) is 0 Å². The molecule has 0 bridgehead atoms. The Morgan fingerprint density at radius 1 is 1.26 bits per heavy atom. The molecule has 12 nitrogen and oxygen atoms in total. The standard InChI is InChI=1S/C25H26N8O4S/c1-13(14-4-5-14)32-11-16-8-15(9-19(38(3,36)37)20(16)25(32)35)18-6-7-33-23(29-18)21(22(26)30-33)24(34)28-17-10-27-31(2)12-17/h6-10,12-14H,4-5,11H2,1-3H3,(H2,26,30)(H,28,34)/t13-/m0/s1. The van der Waals surface area contributed by atoms with Crippen LogP contribution >= 0.6 is 0 Å². The number of fused-ring (bicyclic) bond motifs is 2. The summed E-state index contributed by atoms with van der Waals surface area (Å²) >= 11 is 0. The van der Waals surface area contributed by atoms with E-state index in [4.69, 9.17) is 5.73 Å². The Morgan fingerprint density at radius 2 is 2.03 bits per heavy atom. The van der Waals surface area contributed by atoms with Crippen LogP contribution in [-0.2, 0) is 23.4 Å². The molecule has 0 saturated heterocycles. The summed E-state index contributed by atoms with van der Waals surface area (Å²) in [6.45, 7) is 2.35. The van der Waals surface area contributed by atoms with E-state index in [1.165, 1.54) is 16.8 Å². The van der Waals surface area contributed by atoms with Gasteiger partial charge >= 0.3 is 0 Å². The zero-order valence-electron chi connectivity index (χ0n) is 21.0. The molecule has 1 atom stereocenters. The number of sulfone groups is 1. The Hall–Kier alpha value is -4.26. The maximum absolute atomic E-state index is 13.3. The van der Waals surface area contributed by atoms with Crippen molar-refractivity contribution in [3.8, 4) is 11.3 Å². The van der Waals surface area contributed by atoms with Gasteiger partial charge in [0, 0.05) is 43.8 Å². The molecule has 1 aliphatic carbocycles. The molecule has 1 saturated carbocycles. The van der Waals surface area contributed by atoms with E-state index in [9.17, 15) is 18.0 Å². The first-order chi connectivity index (χ1) is 18.0. The zero-order chi connectivity index (χ0) is 26.9. The number of amides is 2. The first kappa shape index (κ1) is 24.1. The van der Waals surface area contributed by atoms with Crippen LogP contribution in [-0.4, -0.2) is 61.8 Å². The van der Waals surface area contributed by atoms with E-state index in [-0.39, 0.29) is 39.4 Å². The average Bonchev–Trinajstić information content (AvgIpc) is 3.43. The fraction of sp³-hybridized carbons (Fsp3) is 0.320. The summed E-state index contributed by atoms with van der Waals surface area (Å²) in [5.74, 6) is -0.317. The first-order valence-electron chi connectivity index (χ1n) is 12.1. The second-order valence-electron chi connectivity index (χ2n) is 9.99. The van der Waals surface area contributed by atoms with Crippen molar-refractivity contribution in [2.75, 3.05) is 17.3 Å². The number of aromatic nitrogens is 5. The van der Waals surface area contributed by atoms with Gasteiger partial charge in [0.1, 0.15) is 5.56 Å². The van der Waals surface area contributed by atoms with Gasteiger partial charge in [-0.1, -0.05) is 0 Å². The lowest BCUT2D eigenvalue weighted by molar-refractivity contribution is 0.0694. The van der Waals surface area contributed by atoms with Crippen molar-refractivity contribution in [3.63, 3.8) is 0 Å². The lowest BCUT2D eigenvalue weighted by Gasteiger charge is -2.24. The van der Waals surface area contributed by atoms with E-state index in [1.54, 1.807) is 41.2 Å². The van der Waals surface area contributed by atoms with E-state index < -0.39 is 15.7 Å². The van der Waals surface area contributed by atoms with Crippen molar-refractivity contribution < 1.29 is 18.0 Å². The monoisotopic (exact) mass is 534 g/mol. The number of rotatable bonds is 6. The molecule has 0 unspecified atom stereocenters. The highest BCUT2D eigenvalue weighted by Gasteiger charge is 2.41. The van der Waals surface area contributed by atoms with E-state index in [0.29, 0.717) is 35.0 Å². The summed E-state index contributed by atoms with van der Waals surface area (Å²) in [4.78, 5) is 32.7. The number of hydrogen-bond donors (Lipinski definition) is 2. The smallest absolute Gasteiger partial charge is 0.263 e. The number of benzene rings is 1. The van der Waals surface area contributed by atoms with Crippen LogP contribution in [0.5, 0.6) is 0 Å². The van der Waals surface area contributed by atoms with Crippen LogP contribution in [0, 0.1) is 5.92 Å². The van der Waals surface area contributed by atoms with Gasteiger partial charge < -0.3 is 16.0 Å². The largest absolute Gasteiger partial charge is 0.381 e. The van der Waals surface area contributed by atoms with Gasteiger partial charge in [0.25, 0.3) is 11.8 Å². The second-order valence-corrected chi connectivity index (χ2v) is 12.0. The predicted molar refractivity (Wildman–Crippen MR) is 139 cm³/mol. The fourth-order valence-corrected chi connectivity index (χ4v) is 5.98. The highest BCUT2D eigenvalue weighted by Crippen LogP contribution is 2.40. The van der Waals surface area contributed by atoms with Gasteiger partial charge in [0.05, 0.1) is 28.0 Å². The molecule has 3 N–H and O–H groups in total. The van der Waals surface area contributed by atoms with Crippen molar-refractivity contribution in [1.82, 2.24) is 29.3 Å². The minimum Gasteiger partial charge on any atom is -0.381 e. The molecule has 1 fully saturated rings. The summed E-state index contributed by atoms with van der Waals surface area (Å²) in [6, 6.07) is 4.98. The van der Waals surface area contributed by atoms with E-state index in [0.717, 1.165) is 19.1 Å². The van der Waals surface area contributed by atoms with Gasteiger partial charge in [-0.2, -0.15) is 5.10 Å². The van der Waals surface area contributed by atoms with Crippen molar-refractivity contribution in [2.24, 2.45) is 13.0 Å². The van der Waals surface area contributed by atoms with Crippen LogP contribution in [0.25, 0.3) is 16.9 Å². The summed E-state index contributed by atoms with van der Waals surface area (Å²) in [7, 11) is -1.99. The molecular formula is C25H26N8O4S. The fourth-order valence-electron chi connectivity index (χ4n) is 5.05. The molecule has 6 rings (SSSR count). The van der Waals surface area contributed by atoms with Crippen molar-refractivity contribution >= 4 is 38.8 Å². The number of nitrogens with zero attached hydrogens (tertiary/aromatic N) is 6. The topological polar surface area (TPSA) is 158 Å². The number of carbonyl (C=O) groups excluding carboxylic acids is 2. The van der Waals surface area contributed by atoms with Crippen LogP contribution in [0.2, 0.25) is 0 Å². The minimum atomic E-state index is -3.72. The molecule has 0 spiro atoms. The number of nitrogen functional groups attached to an aromatic ring is 1. The second kappa shape index (κ2) is 8.38. The molecule has 3 aromatic heterocycles. The Kier molecular flexibility index (Phi) is 5.31. The molecular weight excluding hydrogens is 508 g/mol. The van der Waals surface area contributed by atoms with Crippen LogP contribution in [0.3, 0.4) is 0 Å². The van der Waals surface area contributed by atoms with E-state index in [1.807, 2.05) is 6.92 Å². The van der Waals surface area contributed by atoms with Crippen LogP contribution in [0.4, 0.5) is 11.5 Å². The predicted octanol–water partition coefficient (Wildman–Crippen LogP) is 2.12. The maximum atomic E-state index is 13.3. The summed E-state index contributed by atoms with van der Waals surface area (Å²) < 4.78 is 28.5.